The van der Waals surface area contributed by atoms with Crippen LogP contribution in [0.1, 0.15) is 5.56 Å². The van der Waals surface area contributed by atoms with E-state index in [1.807, 2.05) is 31.3 Å². The molecule has 0 bridgehead atoms. The van der Waals surface area contributed by atoms with E-state index in [2.05, 4.69) is 26.0 Å². The van der Waals surface area contributed by atoms with Crippen LogP contribution in [0.3, 0.4) is 0 Å². The van der Waals surface area contributed by atoms with E-state index >= 15 is 0 Å². The smallest absolute Gasteiger partial charge is 0.387 e. The van der Waals surface area contributed by atoms with Gasteiger partial charge in [-0.25, -0.2) is 0 Å². The van der Waals surface area contributed by atoms with Crippen LogP contribution in [0, 0.1) is 0 Å². The van der Waals surface area contributed by atoms with Crippen LogP contribution in [-0.4, -0.2) is 26.1 Å². The van der Waals surface area contributed by atoms with Crippen molar-refractivity contribution in [3.8, 4) is 5.75 Å². The largest absolute Gasteiger partial charge is 0.435 e. The average molecular weight is 400 g/mol. The van der Waals surface area contributed by atoms with Crippen LogP contribution in [0.5, 0.6) is 5.75 Å². The molecular formula is C17H18BrF2N2O2+. The Morgan fingerprint density at radius 2 is 1.96 bits per heavy atom. The van der Waals surface area contributed by atoms with E-state index in [0.29, 0.717) is 13.1 Å². The van der Waals surface area contributed by atoms with Gasteiger partial charge in [-0.3, -0.25) is 4.79 Å². The molecule has 0 spiro atoms. The van der Waals surface area contributed by atoms with Gasteiger partial charge in [0.2, 0.25) is 0 Å². The molecule has 2 N–H and O–H groups in total. The van der Waals surface area contributed by atoms with Gasteiger partial charge in [-0.15, -0.1) is 0 Å². The first-order chi connectivity index (χ1) is 11.4. The number of hydrogen-bond donors (Lipinski definition) is 2. The van der Waals surface area contributed by atoms with Crippen molar-refractivity contribution >= 4 is 27.5 Å². The van der Waals surface area contributed by atoms with Crippen LogP contribution in [0.4, 0.5) is 14.5 Å². The summed E-state index contributed by atoms with van der Waals surface area (Å²) < 4.78 is 29.4. The molecule has 0 saturated heterocycles. The number of alkyl halides is 2. The van der Waals surface area contributed by atoms with Crippen molar-refractivity contribution in [1.82, 2.24) is 0 Å². The summed E-state index contributed by atoms with van der Waals surface area (Å²) in [5, 5.41) is 2.84. The highest BCUT2D eigenvalue weighted by Crippen LogP contribution is 2.15. The van der Waals surface area contributed by atoms with Gasteiger partial charge in [0.1, 0.15) is 12.3 Å². The zero-order chi connectivity index (χ0) is 17.5. The molecule has 0 aromatic heterocycles. The number of anilines is 1. The molecule has 0 aliphatic carbocycles. The highest BCUT2D eigenvalue weighted by atomic mass is 79.9. The number of nitrogens with one attached hydrogen (secondary N) is 2. The molecule has 24 heavy (non-hydrogen) atoms. The van der Waals surface area contributed by atoms with E-state index in [4.69, 9.17) is 0 Å². The number of amides is 1. The fraction of sp³-hybridized carbons (Fsp3) is 0.235. The number of hydrogen-bond acceptors (Lipinski definition) is 2. The SMILES string of the molecule is C[NH+](CC(=O)Nc1cccc(Br)c1)Cc1ccc(OC(F)F)cc1. The summed E-state index contributed by atoms with van der Waals surface area (Å²) in [6.07, 6.45) is 0. The number of likely N-dealkylation sites (N-methyl/N-ethyl adjacent to an activating group) is 1. The highest BCUT2D eigenvalue weighted by Gasteiger charge is 2.11. The minimum absolute atomic E-state index is 0.0942. The third-order valence-electron chi connectivity index (χ3n) is 3.23. The van der Waals surface area contributed by atoms with Gasteiger partial charge >= 0.3 is 6.61 Å². The summed E-state index contributed by atoms with van der Waals surface area (Å²) in [6.45, 7) is -1.94. The third kappa shape index (κ3) is 6.25. The molecule has 0 aliphatic heterocycles. The molecular weight excluding hydrogens is 382 g/mol. The van der Waals surface area contributed by atoms with Gasteiger partial charge in [-0.1, -0.05) is 22.0 Å². The molecule has 0 aliphatic rings. The lowest BCUT2D eigenvalue weighted by atomic mass is 10.2. The Labute approximate surface area is 147 Å². The molecule has 2 rings (SSSR count). The van der Waals surface area contributed by atoms with Gasteiger partial charge < -0.3 is 15.0 Å². The molecule has 2 aromatic rings. The maximum absolute atomic E-state index is 12.1. The van der Waals surface area contributed by atoms with Gasteiger partial charge in [0.25, 0.3) is 5.91 Å². The maximum Gasteiger partial charge on any atom is 0.387 e. The maximum atomic E-state index is 12.1. The Bertz CT molecular complexity index is 681. The molecule has 1 unspecified atom stereocenters. The van der Waals surface area contributed by atoms with E-state index < -0.39 is 6.61 Å². The Morgan fingerprint density at radius 1 is 1.25 bits per heavy atom. The van der Waals surface area contributed by atoms with Crippen LogP contribution in [-0.2, 0) is 11.3 Å². The van der Waals surface area contributed by atoms with Crippen molar-refractivity contribution in [3.05, 3.63) is 58.6 Å². The third-order valence-corrected chi connectivity index (χ3v) is 3.72. The summed E-state index contributed by atoms with van der Waals surface area (Å²) in [7, 11) is 1.89. The quantitative estimate of drug-likeness (QED) is 0.751. The van der Waals surface area contributed by atoms with Crippen molar-refractivity contribution < 1.29 is 23.2 Å². The van der Waals surface area contributed by atoms with E-state index in [9.17, 15) is 13.6 Å². The van der Waals surface area contributed by atoms with Crippen LogP contribution < -0.4 is 15.0 Å². The lowest BCUT2D eigenvalue weighted by Crippen LogP contribution is -3.08. The van der Waals surface area contributed by atoms with Gasteiger partial charge in [0, 0.05) is 15.7 Å². The van der Waals surface area contributed by atoms with Gasteiger partial charge in [-0.05, 0) is 42.5 Å². The number of halogens is 3. The monoisotopic (exact) mass is 399 g/mol. The Kier molecular flexibility index (Phi) is 6.69. The number of rotatable bonds is 7. The Hall–Kier alpha value is -1.99. The molecule has 7 heteroatoms. The van der Waals surface area contributed by atoms with Crippen molar-refractivity contribution in [2.45, 2.75) is 13.2 Å². The Balaban J connectivity index is 1.83. The Morgan fingerprint density at radius 3 is 2.58 bits per heavy atom. The first-order valence-electron chi connectivity index (χ1n) is 7.33. The zero-order valence-electron chi connectivity index (χ0n) is 13.1. The minimum atomic E-state index is -2.83. The predicted molar refractivity (Wildman–Crippen MR) is 91.3 cm³/mol. The molecule has 1 amide bonds. The highest BCUT2D eigenvalue weighted by molar-refractivity contribution is 9.10. The number of benzene rings is 2. The van der Waals surface area contributed by atoms with Crippen LogP contribution in [0.15, 0.2) is 53.0 Å². The summed E-state index contributed by atoms with van der Waals surface area (Å²) in [5.41, 5.74) is 1.67. The van der Waals surface area contributed by atoms with Crippen molar-refractivity contribution in [1.29, 1.82) is 0 Å². The second kappa shape index (κ2) is 8.75. The van der Waals surface area contributed by atoms with Crippen LogP contribution in [0.2, 0.25) is 0 Å². The molecule has 0 saturated carbocycles. The second-order valence-corrected chi connectivity index (χ2v) is 6.31. The number of ether oxygens (including phenoxy) is 1. The van der Waals surface area contributed by atoms with Gasteiger partial charge in [-0.2, -0.15) is 8.78 Å². The molecule has 4 nitrogen and oxygen atoms in total. The summed E-state index contributed by atoms with van der Waals surface area (Å²) in [6, 6.07) is 13.8. The molecule has 0 heterocycles. The number of carbonyl (C=O) groups is 1. The predicted octanol–water partition coefficient (Wildman–Crippen LogP) is 2.70. The topological polar surface area (TPSA) is 42.8 Å². The van der Waals surface area contributed by atoms with Crippen molar-refractivity contribution in [3.63, 3.8) is 0 Å². The summed E-state index contributed by atoms with van der Waals surface area (Å²) in [5.74, 6) is 0.0297. The molecule has 2 aromatic carbocycles. The van der Waals surface area contributed by atoms with E-state index in [0.717, 1.165) is 20.6 Å². The standard InChI is InChI=1S/C17H17BrF2N2O2/c1-22(10-12-5-7-15(8-6-12)24-17(19)20)11-16(23)21-14-4-2-3-13(18)9-14/h2-9,17H,10-11H2,1H3,(H,21,23)/p+1. The molecule has 128 valence electrons. The first kappa shape index (κ1) is 18.4. The van der Waals surface area contributed by atoms with Crippen LogP contribution in [0.25, 0.3) is 0 Å². The molecule has 0 fully saturated rings. The van der Waals surface area contributed by atoms with Crippen molar-refractivity contribution in [2.75, 3.05) is 18.9 Å². The van der Waals surface area contributed by atoms with Crippen LogP contribution >= 0.6 is 15.9 Å². The van der Waals surface area contributed by atoms with Crippen molar-refractivity contribution in [2.24, 2.45) is 0 Å². The van der Waals surface area contributed by atoms with Gasteiger partial charge in [0.05, 0.1) is 7.05 Å². The normalized spacial score (nSPS) is 12.0. The van der Waals surface area contributed by atoms with E-state index in [1.54, 1.807) is 12.1 Å². The fourth-order valence-electron chi connectivity index (χ4n) is 2.25. The first-order valence-corrected chi connectivity index (χ1v) is 8.12. The molecule has 1 atom stereocenters. The molecule has 0 radical (unpaired) electrons. The number of carbonyl (C=O) groups excluding carboxylic acids is 1. The van der Waals surface area contributed by atoms with Gasteiger partial charge in [0.15, 0.2) is 6.54 Å². The zero-order valence-corrected chi connectivity index (χ0v) is 14.6. The number of quaternary nitrogens is 1. The summed E-state index contributed by atoms with van der Waals surface area (Å²) >= 11 is 3.35. The minimum Gasteiger partial charge on any atom is -0.435 e. The average Bonchev–Trinajstić information content (AvgIpc) is 2.48. The summed E-state index contributed by atoms with van der Waals surface area (Å²) in [4.78, 5) is 13.0. The second-order valence-electron chi connectivity index (χ2n) is 5.39. The lowest BCUT2D eigenvalue weighted by molar-refractivity contribution is -0.885. The van der Waals surface area contributed by atoms with E-state index in [-0.39, 0.29) is 11.7 Å². The fourth-order valence-corrected chi connectivity index (χ4v) is 2.64. The lowest BCUT2D eigenvalue weighted by Gasteiger charge is -2.14. The van der Waals surface area contributed by atoms with E-state index in [1.165, 1.54) is 12.1 Å².